The number of hydrogen-bond acceptors (Lipinski definition) is 6. The fourth-order valence-corrected chi connectivity index (χ4v) is 4.61. The Morgan fingerprint density at radius 2 is 2.00 bits per heavy atom. The Morgan fingerprint density at radius 3 is 2.77 bits per heavy atom. The van der Waals surface area contributed by atoms with E-state index < -0.39 is 0 Å². The van der Waals surface area contributed by atoms with Gasteiger partial charge in [-0.1, -0.05) is 12.1 Å². The molecule has 3 aromatic rings. The molecular formula is C22H26N6O2. The maximum atomic E-state index is 12.8. The normalized spacial score (nSPS) is 20.8. The molecule has 5 rings (SSSR count). The van der Waals surface area contributed by atoms with E-state index in [1.165, 1.54) is 11.9 Å². The molecule has 3 aromatic heterocycles. The molecule has 0 radical (unpaired) electrons. The van der Waals surface area contributed by atoms with E-state index in [9.17, 15) is 4.79 Å². The van der Waals surface area contributed by atoms with Gasteiger partial charge in [0.1, 0.15) is 12.1 Å². The van der Waals surface area contributed by atoms with Gasteiger partial charge in [0.05, 0.1) is 19.6 Å². The minimum Gasteiger partial charge on any atom is -0.376 e. The van der Waals surface area contributed by atoms with Gasteiger partial charge in [0.15, 0.2) is 5.65 Å². The van der Waals surface area contributed by atoms with Gasteiger partial charge < -0.3 is 14.5 Å². The van der Waals surface area contributed by atoms with Crippen LogP contribution in [0.15, 0.2) is 43.0 Å². The molecular weight excluding hydrogens is 380 g/mol. The number of carbonyl (C=O) groups is 1. The van der Waals surface area contributed by atoms with Crippen LogP contribution in [0.2, 0.25) is 0 Å². The van der Waals surface area contributed by atoms with Gasteiger partial charge in [-0.3, -0.25) is 4.79 Å². The topological polar surface area (TPSA) is 75.9 Å². The number of ether oxygens (including phenoxy) is 1. The molecule has 2 atom stereocenters. The van der Waals surface area contributed by atoms with Crippen molar-refractivity contribution in [2.45, 2.75) is 44.9 Å². The van der Waals surface area contributed by atoms with E-state index in [0.29, 0.717) is 31.7 Å². The number of aromatic nitrogens is 4. The van der Waals surface area contributed by atoms with Crippen LogP contribution >= 0.6 is 0 Å². The lowest BCUT2D eigenvalue weighted by molar-refractivity contribution is -0.133. The van der Waals surface area contributed by atoms with Crippen LogP contribution < -0.4 is 4.90 Å². The average Bonchev–Trinajstić information content (AvgIpc) is 3.34. The van der Waals surface area contributed by atoms with Crippen LogP contribution in [0.1, 0.15) is 30.4 Å². The first-order valence-electron chi connectivity index (χ1n) is 10.5. The van der Waals surface area contributed by atoms with Crippen LogP contribution in [0, 0.1) is 6.92 Å². The lowest BCUT2D eigenvalue weighted by atomic mass is 10.1. The molecule has 0 aromatic carbocycles. The number of piperazine rings is 1. The first-order chi connectivity index (χ1) is 14.7. The molecule has 8 nitrogen and oxygen atoms in total. The van der Waals surface area contributed by atoms with Gasteiger partial charge >= 0.3 is 0 Å². The highest BCUT2D eigenvalue weighted by Gasteiger charge is 2.41. The average molecular weight is 406 g/mol. The lowest BCUT2D eigenvalue weighted by Crippen LogP contribution is -2.55. The molecule has 0 saturated carbocycles. The van der Waals surface area contributed by atoms with Crippen LogP contribution in [0.3, 0.4) is 0 Å². The van der Waals surface area contributed by atoms with E-state index >= 15 is 0 Å². The van der Waals surface area contributed by atoms with Gasteiger partial charge in [0.25, 0.3) is 0 Å². The molecule has 8 heteroatoms. The minimum atomic E-state index is 0.170. The molecule has 2 aliphatic heterocycles. The first kappa shape index (κ1) is 19.0. The fourth-order valence-electron chi connectivity index (χ4n) is 4.61. The zero-order valence-corrected chi connectivity index (χ0v) is 17.1. The molecule has 5 heterocycles. The number of nitrogens with zero attached hydrogens (tertiary/aromatic N) is 6. The maximum Gasteiger partial charge on any atom is 0.225 e. The van der Waals surface area contributed by atoms with E-state index in [2.05, 4.69) is 39.0 Å². The van der Waals surface area contributed by atoms with Crippen molar-refractivity contribution in [1.82, 2.24) is 24.5 Å². The molecule has 2 fully saturated rings. The van der Waals surface area contributed by atoms with Crippen LogP contribution in [-0.4, -0.2) is 62.2 Å². The van der Waals surface area contributed by atoms with Gasteiger partial charge in [-0.05, 0) is 37.5 Å². The number of rotatable bonds is 6. The van der Waals surface area contributed by atoms with E-state index in [-0.39, 0.29) is 5.91 Å². The number of hydrogen-bond donors (Lipinski definition) is 0. The molecule has 30 heavy (non-hydrogen) atoms. The summed E-state index contributed by atoms with van der Waals surface area (Å²) in [5.74, 6) is 1.20. The molecule has 2 aliphatic rings. The smallest absolute Gasteiger partial charge is 0.225 e. The molecule has 0 aliphatic carbocycles. The number of carbonyl (C=O) groups excluding carboxylic acids is 1. The van der Waals surface area contributed by atoms with Crippen LogP contribution in [0.4, 0.5) is 5.82 Å². The van der Waals surface area contributed by atoms with Crippen LogP contribution in [0.5, 0.6) is 0 Å². The zero-order chi connectivity index (χ0) is 20.5. The molecule has 2 bridgehead atoms. The summed E-state index contributed by atoms with van der Waals surface area (Å²) in [4.78, 5) is 26.1. The van der Waals surface area contributed by atoms with E-state index in [0.717, 1.165) is 43.0 Å². The summed E-state index contributed by atoms with van der Waals surface area (Å²) < 4.78 is 7.50. The van der Waals surface area contributed by atoms with Crippen molar-refractivity contribution in [3.63, 3.8) is 0 Å². The molecule has 156 valence electrons. The van der Waals surface area contributed by atoms with E-state index in [1.807, 2.05) is 29.4 Å². The molecule has 2 saturated heterocycles. The number of aryl methyl sites for hydroxylation is 1. The number of fused-ring (bicyclic) bond motifs is 3. The summed E-state index contributed by atoms with van der Waals surface area (Å²) in [6, 6.07) is 8.81. The van der Waals surface area contributed by atoms with Gasteiger partial charge in [0.2, 0.25) is 5.91 Å². The van der Waals surface area contributed by atoms with Gasteiger partial charge in [-0.15, -0.1) is 0 Å². The van der Waals surface area contributed by atoms with Gasteiger partial charge in [0, 0.05) is 43.1 Å². The summed E-state index contributed by atoms with van der Waals surface area (Å²) in [5.41, 5.74) is 2.93. The third-order valence-electron chi connectivity index (χ3n) is 6.10. The minimum absolute atomic E-state index is 0.170. The summed E-state index contributed by atoms with van der Waals surface area (Å²) in [6.45, 7) is 4.42. The number of likely N-dealkylation sites (tertiary alicyclic amines) is 1. The number of anilines is 1. The summed E-state index contributed by atoms with van der Waals surface area (Å²) in [6.07, 6.45) is 7.94. The predicted octanol–water partition coefficient (Wildman–Crippen LogP) is 2.22. The second-order valence-electron chi connectivity index (χ2n) is 8.15. The zero-order valence-electron chi connectivity index (χ0n) is 17.1. The second-order valence-corrected chi connectivity index (χ2v) is 8.15. The SMILES string of the molecule is Cc1ccc(N2C3CCC2CN(C(=O)CCOCc2cccn4ncnc24)C3)nc1. The second kappa shape index (κ2) is 8.02. The van der Waals surface area contributed by atoms with E-state index in [4.69, 9.17) is 4.74 Å². The van der Waals surface area contributed by atoms with Crippen LogP contribution in [0.25, 0.3) is 5.65 Å². The lowest BCUT2D eigenvalue weighted by Gasteiger charge is -2.41. The van der Waals surface area contributed by atoms with Crippen molar-refractivity contribution >= 4 is 17.4 Å². The standard InChI is InChI=1S/C22H26N6O2/c1-16-4-7-20(23-11-16)28-18-5-6-19(28)13-26(12-18)21(29)8-10-30-14-17-3-2-9-27-22(17)24-15-25-27/h2-4,7,9,11,15,18-19H,5-6,8,10,12-14H2,1H3. The van der Waals surface area contributed by atoms with Crippen molar-refractivity contribution in [1.29, 1.82) is 0 Å². The number of amides is 1. The Bertz CT molecular complexity index is 1020. The van der Waals surface area contributed by atoms with Gasteiger partial charge in [-0.2, -0.15) is 5.10 Å². The van der Waals surface area contributed by atoms with Crippen molar-refractivity contribution in [3.8, 4) is 0 Å². The monoisotopic (exact) mass is 406 g/mol. The van der Waals surface area contributed by atoms with Crippen molar-refractivity contribution in [2.24, 2.45) is 0 Å². The van der Waals surface area contributed by atoms with Crippen LogP contribution in [-0.2, 0) is 16.1 Å². The van der Waals surface area contributed by atoms with Crippen molar-refractivity contribution in [2.75, 3.05) is 24.6 Å². The molecule has 1 amide bonds. The Kier molecular flexibility index (Phi) is 5.08. The quantitative estimate of drug-likeness (QED) is 0.585. The predicted molar refractivity (Wildman–Crippen MR) is 112 cm³/mol. The highest BCUT2D eigenvalue weighted by molar-refractivity contribution is 5.77. The van der Waals surface area contributed by atoms with Crippen molar-refractivity contribution in [3.05, 3.63) is 54.1 Å². The summed E-state index contributed by atoms with van der Waals surface area (Å²) >= 11 is 0. The fraction of sp³-hybridized carbons (Fsp3) is 0.455. The third kappa shape index (κ3) is 3.63. The van der Waals surface area contributed by atoms with Crippen molar-refractivity contribution < 1.29 is 9.53 Å². The number of pyridine rings is 2. The Hall–Kier alpha value is -3.00. The largest absolute Gasteiger partial charge is 0.376 e. The highest BCUT2D eigenvalue weighted by atomic mass is 16.5. The van der Waals surface area contributed by atoms with Gasteiger partial charge in [-0.25, -0.2) is 14.5 Å². The first-order valence-corrected chi connectivity index (χ1v) is 10.5. The summed E-state index contributed by atoms with van der Waals surface area (Å²) in [7, 11) is 0. The van der Waals surface area contributed by atoms with E-state index in [1.54, 1.807) is 4.52 Å². The summed E-state index contributed by atoms with van der Waals surface area (Å²) in [5, 5.41) is 4.13. The Morgan fingerprint density at radius 1 is 1.17 bits per heavy atom. The Balaban J connectivity index is 1.13. The highest BCUT2D eigenvalue weighted by Crippen LogP contribution is 2.34. The molecule has 0 N–H and O–H groups in total. The Labute approximate surface area is 175 Å². The molecule has 2 unspecified atom stereocenters. The third-order valence-corrected chi connectivity index (χ3v) is 6.10. The molecule has 0 spiro atoms. The maximum absolute atomic E-state index is 12.8.